The Balaban J connectivity index is 1.70. The lowest BCUT2D eigenvalue weighted by Gasteiger charge is -2.35. The lowest BCUT2D eigenvalue weighted by molar-refractivity contribution is 0.0737. The fourth-order valence-electron chi connectivity index (χ4n) is 2.57. The average Bonchev–Trinajstić information content (AvgIpc) is 2.59. The summed E-state index contributed by atoms with van der Waals surface area (Å²) in [5.41, 5.74) is 0.244. The molecule has 3 heterocycles. The van der Waals surface area contributed by atoms with Crippen molar-refractivity contribution >= 4 is 11.7 Å². The molecule has 9 heteroatoms. The van der Waals surface area contributed by atoms with Crippen molar-refractivity contribution in [2.45, 2.75) is 6.92 Å². The first-order chi connectivity index (χ1) is 11.5. The topological polar surface area (TPSA) is 84.2 Å². The number of amides is 1. The van der Waals surface area contributed by atoms with Crippen LogP contribution in [0.4, 0.5) is 10.2 Å². The van der Waals surface area contributed by atoms with Crippen LogP contribution in [0, 0.1) is 12.7 Å². The fourth-order valence-corrected chi connectivity index (χ4v) is 2.57. The van der Waals surface area contributed by atoms with E-state index in [4.69, 9.17) is 0 Å². The number of aryl methyl sites for hydroxylation is 2. The van der Waals surface area contributed by atoms with Crippen molar-refractivity contribution in [2.75, 3.05) is 31.1 Å². The van der Waals surface area contributed by atoms with E-state index < -0.39 is 5.82 Å². The molecule has 0 saturated carbocycles. The molecule has 0 aromatic carbocycles. The van der Waals surface area contributed by atoms with E-state index in [1.54, 1.807) is 16.7 Å². The highest BCUT2D eigenvalue weighted by Crippen LogP contribution is 2.19. The van der Waals surface area contributed by atoms with E-state index in [0.29, 0.717) is 31.9 Å². The molecule has 0 atom stereocenters. The molecular formula is C15H17FN6O2. The molecule has 1 fully saturated rings. The number of halogens is 1. The van der Waals surface area contributed by atoms with Crippen LogP contribution in [0.15, 0.2) is 23.3 Å². The van der Waals surface area contributed by atoms with Crippen molar-refractivity contribution in [1.29, 1.82) is 0 Å². The maximum Gasteiger partial charge on any atom is 0.274 e. The SMILES string of the molecule is Cc1ncnc(N2CCN(C(=O)c3ccc(=O)n(C)n3)CC2)c1F. The molecule has 126 valence electrons. The van der Waals surface area contributed by atoms with Crippen LogP contribution in [0.2, 0.25) is 0 Å². The van der Waals surface area contributed by atoms with Gasteiger partial charge in [-0.1, -0.05) is 0 Å². The highest BCUT2D eigenvalue weighted by atomic mass is 19.1. The molecule has 0 spiro atoms. The van der Waals surface area contributed by atoms with Crippen molar-refractivity contribution in [3.8, 4) is 0 Å². The van der Waals surface area contributed by atoms with E-state index in [1.165, 1.54) is 25.5 Å². The third kappa shape index (κ3) is 2.97. The molecule has 8 nitrogen and oxygen atoms in total. The van der Waals surface area contributed by atoms with Crippen molar-refractivity contribution in [3.63, 3.8) is 0 Å². The molecule has 1 saturated heterocycles. The molecule has 0 aliphatic carbocycles. The number of hydrogen-bond donors (Lipinski definition) is 0. The van der Waals surface area contributed by atoms with E-state index in [0.717, 1.165) is 4.68 Å². The van der Waals surface area contributed by atoms with Gasteiger partial charge in [0.1, 0.15) is 12.0 Å². The van der Waals surface area contributed by atoms with Gasteiger partial charge in [-0.25, -0.2) is 19.0 Å². The maximum absolute atomic E-state index is 14.1. The van der Waals surface area contributed by atoms with Crippen molar-refractivity contribution in [3.05, 3.63) is 46.0 Å². The highest BCUT2D eigenvalue weighted by Gasteiger charge is 2.25. The molecule has 2 aromatic heterocycles. The van der Waals surface area contributed by atoms with Crippen LogP contribution in [-0.4, -0.2) is 56.7 Å². The minimum Gasteiger partial charge on any atom is -0.351 e. The highest BCUT2D eigenvalue weighted by molar-refractivity contribution is 5.92. The van der Waals surface area contributed by atoms with Gasteiger partial charge in [-0.15, -0.1) is 0 Å². The third-order valence-electron chi connectivity index (χ3n) is 3.99. The van der Waals surface area contributed by atoms with Crippen LogP contribution in [0.3, 0.4) is 0 Å². The Labute approximate surface area is 137 Å². The monoisotopic (exact) mass is 332 g/mol. The first-order valence-electron chi connectivity index (χ1n) is 7.53. The molecule has 0 radical (unpaired) electrons. The van der Waals surface area contributed by atoms with Crippen molar-refractivity contribution in [2.24, 2.45) is 7.05 Å². The summed E-state index contributed by atoms with van der Waals surface area (Å²) in [6.45, 7) is 3.36. The van der Waals surface area contributed by atoms with Crippen LogP contribution in [-0.2, 0) is 7.05 Å². The largest absolute Gasteiger partial charge is 0.351 e. The van der Waals surface area contributed by atoms with Gasteiger partial charge in [0.2, 0.25) is 0 Å². The van der Waals surface area contributed by atoms with Gasteiger partial charge in [-0.2, -0.15) is 5.10 Å². The Bertz CT molecular complexity index is 829. The summed E-state index contributed by atoms with van der Waals surface area (Å²) in [5, 5.41) is 3.97. The second-order valence-electron chi connectivity index (χ2n) is 5.56. The molecule has 2 aromatic rings. The summed E-state index contributed by atoms with van der Waals surface area (Å²) in [6.07, 6.45) is 1.33. The minimum atomic E-state index is -0.433. The number of piperazine rings is 1. The van der Waals surface area contributed by atoms with Gasteiger partial charge >= 0.3 is 0 Å². The predicted octanol–water partition coefficient (Wildman–Crippen LogP) is -0.0198. The van der Waals surface area contributed by atoms with Crippen LogP contribution in [0.1, 0.15) is 16.2 Å². The Morgan fingerprint density at radius 2 is 1.88 bits per heavy atom. The number of carbonyl (C=O) groups excluding carboxylic acids is 1. The maximum atomic E-state index is 14.1. The lowest BCUT2D eigenvalue weighted by Crippen LogP contribution is -2.49. The second-order valence-corrected chi connectivity index (χ2v) is 5.56. The molecular weight excluding hydrogens is 315 g/mol. The summed E-state index contributed by atoms with van der Waals surface area (Å²) in [7, 11) is 1.50. The molecule has 0 bridgehead atoms. The van der Waals surface area contributed by atoms with Crippen molar-refractivity contribution < 1.29 is 9.18 Å². The molecule has 1 aliphatic heterocycles. The Kier molecular flexibility index (Phi) is 4.24. The third-order valence-corrected chi connectivity index (χ3v) is 3.99. The zero-order chi connectivity index (χ0) is 17.3. The molecule has 1 amide bonds. The van der Waals surface area contributed by atoms with Crippen LogP contribution < -0.4 is 10.5 Å². The number of carbonyl (C=O) groups is 1. The smallest absolute Gasteiger partial charge is 0.274 e. The van der Waals surface area contributed by atoms with Gasteiger partial charge in [-0.3, -0.25) is 9.59 Å². The van der Waals surface area contributed by atoms with E-state index in [1.807, 2.05) is 0 Å². The lowest BCUT2D eigenvalue weighted by atomic mass is 10.2. The first kappa shape index (κ1) is 16.0. The Morgan fingerprint density at radius 3 is 2.54 bits per heavy atom. The quantitative estimate of drug-likeness (QED) is 0.768. The predicted molar refractivity (Wildman–Crippen MR) is 84.3 cm³/mol. The fraction of sp³-hybridized carbons (Fsp3) is 0.400. The minimum absolute atomic E-state index is 0.217. The second kappa shape index (κ2) is 6.34. The van der Waals surface area contributed by atoms with Crippen LogP contribution >= 0.6 is 0 Å². The molecule has 0 unspecified atom stereocenters. The summed E-state index contributed by atoms with van der Waals surface area (Å²) in [5.74, 6) is -0.420. The van der Waals surface area contributed by atoms with Crippen LogP contribution in [0.25, 0.3) is 0 Å². The number of hydrogen-bond acceptors (Lipinski definition) is 6. The van der Waals surface area contributed by atoms with Crippen molar-refractivity contribution in [1.82, 2.24) is 24.6 Å². The summed E-state index contributed by atoms with van der Waals surface area (Å²) >= 11 is 0. The Morgan fingerprint density at radius 1 is 1.17 bits per heavy atom. The summed E-state index contributed by atoms with van der Waals surface area (Å²) < 4.78 is 15.2. The average molecular weight is 332 g/mol. The first-order valence-corrected chi connectivity index (χ1v) is 7.53. The molecule has 24 heavy (non-hydrogen) atoms. The van der Waals surface area contributed by atoms with Gasteiger partial charge in [0.25, 0.3) is 11.5 Å². The van der Waals surface area contributed by atoms with E-state index >= 15 is 0 Å². The normalized spacial score (nSPS) is 14.8. The standard InChI is InChI=1S/C15H17FN6O2/c1-10-13(16)14(18-9-17-10)21-5-7-22(8-6-21)15(24)11-3-4-12(23)20(2)19-11/h3-4,9H,5-8H2,1-2H3. The number of nitrogens with zero attached hydrogens (tertiary/aromatic N) is 6. The van der Waals surface area contributed by atoms with Gasteiger partial charge in [-0.05, 0) is 13.0 Å². The molecule has 0 N–H and O–H groups in total. The zero-order valence-electron chi connectivity index (χ0n) is 13.4. The number of rotatable bonds is 2. The molecule has 3 rings (SSSR count). The van der Waals surface area contributed by atoms with Gasteiger partial charge in [0.05, 0.1) is 5.69 Å². The van der Waals surface area contributed by atoms with E-state index in [2.05, 4.69) is 15.1 Å². The zero-order valence-corrected chi connectivity index (χ0v) is 13.4. The van der Waals surface area contributed by atoms with E-state index in [-0.39, 0.29) is 23.0 Å². The Hall–Kier alpha value is -2.84. The van der Waals surface area contributed by atoms with E-state index in [9.17, 15) is 14.0 Å². The summed E-state index contributed by atoms with van der Waals surface area (Å²) in [6, 6.07) is 2.74. The van der Waals surface area contributed by atoms with Gasteiger partial charge in [0.15, 0.2) is 11.6 Å². The number of anilines is 1. The molecule has 1 aliphatic rings. The number of aromatic nitrogens is 4. The van der Waals surface area contributed by atoms with Crippen LogP contribution in [0.5, 0.6) is 0 Å². The summed E-state index contributed by atoms with van der Waals surface area (Å²) in [4.78, 5) is 35.1. The van der Waals surface area contributed by atoms with Gasteiger partial charge < -0.3 is 9.80 Å². The van der Waals surface area contributed by atoms with Gasteiger partial charge in [0, 0.05) is 39.3 Å².